The number of piperidine rings is 1. The SMILES string of the molecule is CC(Nc1cc(=O)n(C2CCN(C(=O)O)[C@@H](C)C2)c(=O)[nH]1)c1ccccc1. The molecule has 1 aromatic carbocycles. The number of hydrogen-bond acceptors (Lipinski definition) is 4. The summed E-state index contributed by atoms with van der Waals surface area (Å²) in [5.74, 6) is 0.369. The number of carbonyl (C=O) groups is 1. The van der Waals surface area contributed by atoms with Crippen LogP contribution in [0.1, 0.15) is 44.3 Å². The Hall–Kier alpha value is -3.03. The van der Waals surface area contributed by atoms with Gasteiger partial charge in [-0.15, -0.1) is 0 Å². The molecule has 3 atom stereocenters. The zero-order chi connectivity index (χ0) is 19.6. The number of carboxylic acid groups (broad SMARTS) is 1. The Morgan fingerprint density at radius 2 is 2.00 bits per heavy atom. The molecule has 1 saturated heterocycles. The largest absolute Gasteiger partial charge is 0.465 e. The summed E-state index contributed by atoms with van der Waals surface area (Å²) in [6.45, 7) is 4.04. The maximum atomic E-state index is 12.6. The number of anilines is 1. The summed E-state index contributed by atoms with van der Waals surface area (Å²) in [6.07, 6.45) is -0.105. The van der Waals surface area contributed by atoms with Crippen LogP contribution in [0, 0.1) is 0 Å². The molecule has 3 N–H and O–H groups in total. The van der Waals surface area contributed by atoms with Gasteiger partial charge in [0.2, 0.25) is 0 Å². The highest BCUT2D eigenvalue weighted by atomic mass is 16.4. The van der Waals surface area contributed by atoms with Crippen molar-refractivity contribution in [2.45, 2.75) is 44.8 Å². The van der Waals surface area contributed by atoms with E-state index in [-0.39, 0.29) is 23.7 Å². The number of rotatable bonds is 4. The first-order chi connectivity index (χ1) is 12.9. The number of aromatic nitrogens is 2. The van der Waals surface area contributed by atoms with E-state index in [1.54, 1.807) is 6.92 Å². The van der Waals surface area contributed by atoms with Crippen molar-refractivity contribution in [3.05, 3.63) is 62.8 Å². The molecule has 1 aromatic heterocycles. The molecule has 27 heavy (non-hydrogen) atoms. The molecule has 2 aromatic rings. The normalized spacial score (nSPS) is 20.9. The molecule has 8 nitrogen and oxygen atoms in total. The zero-order valence-electron chi connectivity index (χ0n) is 15.4. The van der Waals surface area contributed by atoms with Crippen molar-refractivity contribution in [1.82, 2.24) is 14.5 Å². The highest BCUT2D eigenvalue weighted by Gasteiger charge is 2.30. The average molecular weight is 372 g/mol. The molecule has 1 aliphatic rings. The van der Waals surface area contributed by atoms with E-state index in [0.29, 0.717) is 25.2 Å². The monoisotopic (exact) mass is 372 g/mol. The highest BCUT2D eigenvalue weighted by Crippen LogP contribution is 2.25. The third kappa shape index (κ3) is 4.05. The summed E-state index contributed by atoms with van der Waals surface area (Å²) in [5.41, 5.74) is 0.172. The Morgan fingerprint density at radius 1 is 1.30 bits per heavy atom. The third-order valence-corrected chi connectivity index (χ3v) is 5.10. The summed E-state index contributed by atoms with van der Waals surface area (Å²) < 4.78 is 1.20. The Morgan fingerprint density at radius 3 is 2.59 bits per heavy atom. The van der Waals surface area contributed by atoms with Gasteiger partial charge >= 0.3 is 11.8 Å². The quantitative estimate of drug-likeness (QED) is 0.764. The molecule has 144 valence electrons. The maximum absolute atomic E-state index is 12.6. The van der Waals surface area contributed by atoms with Crippen molar-refractivity contribution in [2.24, 2.45) is 0 Å². The second-order valence-electron chi connectivity index (χ2n) is 6.98. The van der Waals surface area contributed by atoms with E-state index in [2.05, 4.69) is 10.3 Å². The van der Waals surface area contributed by atoms with Gasteiger partial charge in [0, 0.05) is 30.7 Å². The number of aromatic amines is 1. The number of nitrogens with zero attached hydrogens (tertiary/aromatic N) is 2. The summed E-state index contributed by atoms with van der Waals surface area (Å²) in [4.78, 5) is 40.4. The Balaban J connectivity index is 1.79. The molecular weight excluding hydrogens is 348 g/mol. The summed E-state index contributed by atoms with van der Waals surface area (Å²) >= 11 is 0. The summed E-state index contributed by atoms with van der Waals surface area (Å²) in [7, 11) is 0. The smallest absolute Gasteiger partial charge is 0.407 e. The molecule has 0 spiro atoms. The van der Waals surface area contributed by atoms with Crippen LogP contribution in [-0.4, -0.2) is 38.2 Å². The lowest BCUT2D eigenvalue weighted by Crippen LogP contribution is -2.48. The molecule has 1 aliphatic heterocycles. The molecular formula is C19H24N4O4. The van der Waals surface area contributed by atoms with Crippen LogP contribution in [0.25, 0.3) is 0 Å². The predicted octanol–water partition coefficient (Wildman–Crippen LogP) is 2.41. The summed E-state index contributed by atoms with van der Waals surface area (Å²) in [5, 5.41) is 12.3. The van der Waals surface area contributed by atoms with Crippen molar-refractivity contribution in [1.29, 1.82) is 0 Å². The van der Waals surface area contributed by atoms with Crippen molar-refractivity contribution >= 4 is 11.9 Å². The van der Waals surface area contributed by atoms with E-state index in [9.17, 15) is 19.5 Å². The molecule has 0 radical (unpaired) electrons. The fourth-order valence-corrected chi connectivity index (χ4v) is 3.65. The van der Waals surface area contributed by atoms with E-state index in [4.69, 9.17) is 0 Å². The van der Waals surface area contributed by atoms with E-state index >= 15 is 0 Å². The maximum Gasteiger partial charge on any atom is 0.407 e. The standard InChI is InChI=1S/C19H24N4O4/c1-12-10-15(8-9-22(12)19(26)27)23-17(24)11-16(21-18(23)25)20-13(2)14-6-4-3-5-7-14/h3-7,11-13,15,20H,8-10H2,1-2H3,(H,21,25)(H,26,27)/t12-,13?,15?/m0/s1. The van der Waals surface area contributed by atoms with E-state index in [0.717, 1.165) is 5.56 Å². The van der Waals surface area contributed by atoms with Crippen LogP contribution in [0.5, 0.6) is 0 Å². The van der Waals surface area contributed by atoms with Gasteiger partial charge in [0.25, 0.3) is 5.56 Å². The minimum Gasteiger partial charge on any atom is -0.465 e. The lowest BCUT2D eigenvalue weighted by molar-refractivity contribution is 0.0964. The van der Waals surface area contributed by atoms with Crippen LogP contribution in [0.2, 0.25) is 0 Å². The number of benzene rings is 1. The molecule has 0 bridgehead atoms. The van der Waals surface area contributed by atoms with Gasteiger partial charge in [-0.3, -0.25) is 14.3 Å². The Labute approximate surface area is 156 Å². The van der Waals surface area contributed by atoms with Crippen LogP contribution in [0.15, 0.2) is 46.0 Å². The number of amides is 1. The molecule has 1 amide bonds. The number of likely N-dealkylation sites (tertiary alicyclic amines) is 1. The van der Waals surface area contributed by atoms with Gasteiger partial charge in [0.05, 0.1) is 0 Å². The van der Waals surface area contributed by atoms with Gasteiger partial charge in [0.1, 0.15) is 5.82 Å². The lowest BCUT2D eigenvalue weighted by atomic mass is 9.98. The van der Waals surface area contributed by atoms with Crippen molar-refractivity contribution < 1.29 is 9.90 Å². The van der Waals surface area contributed by atoms with E-state index in [1.807, 2.05) is 37.3 Å². The first-order valence-electron chi connectivity index (χ1n) is 9.03. The molecule has 0 aliphatic carbocycles. The van der Waals surface area contributed by atoms with Crippen LogP contribution in [-0.2, 0) is 0 Å². The molecule has 2 heterocycles. The van der Waals surface area contributed by atoms with Gasteiger partial charge in [-0.1, -0.05) is 30.3 Å². The fraction of sp³-hybridized carbons (Fsp3) is 0.421. The van der Waals surface area contributed by atoms with Gasteiger partial charge in [0.15, 0.2) is 0 Å². The lowest BCUT2D eigenvalue weighted by Gasteiger charge is -2.36. The minimum atomic E-state index is -0.975. The van der Waals surface area contributed by atoms with Gasteiger partial charge in [-0.05, 0) is 32.3 Å². The molecule has 8 heteroatoms. The van der Waals surface area contributed by atoms with Crippen LogP contribution >= 0.6 is 0 Å². The van der Waals surface area contributed by atoms with Crippen molar-refractivity contribution in [2.75, 3.05) is 11.9 Å². The molecule has 3 rings (SSSR count). The Kier molecular flexibility index (Phi) is 5.34. The van der Waals surface area contributed by atoms with Crippen molar-refractivity contribution in [3.63, 3.8) is 0 Å². The van der Waals surface area contributed by atoms with Gasteiger partial charge in [-0.2, -0.15) is 0 Å². The second-order valence-corrected chi connectivity index (χ2v) is 6.98. The first-order valence-corrected chi connectivity index (χ1v) is 9.03. The number of hydrogen-bond donors (Lipinski definition) is 3. The van der Waals surface area contributed by atoms with Crippen molar-refractivity contribution in [3.8, 4) is 0 Å². The fourth-order valence-electron chi connectivity index (χ4n) is 3.65. The zero-order valence-corrected chi connectivity index (χ0v) is 15.4. The van der Waals surface area contributed by atoms with Crippen LogP contribution in [0.3, 0.4) is 0 Å². The molecule has 1 fully saturated rings. The topological polar surface area (TPSA) is 107 Å². The number of nitrogens with one attached hydrogen (secondary N) is 2. The predicted molar refractivity (Wildman–Crippen MR) is 102 cm³/mol. The van der Waals surface area contributed by atoms with Crippen LogP contribution in [0.4, 0.5) is 10.6 Å². The highest BCUT2D eigenvalue weighted by molar-refractivity contribution is 5.65. The second kappa shape index (κ2) is 7.69. The molecule has 2 unspecified atom stereocenters. The van der Waals surface area contributed by atoms with E-state index < -0.39 is 11.8 Å². The minimum absolute atomic E-state index is 0.0732. The van der Waals surface area contributed by atoms with Crippen LogP contribution < -0.4 is 16.6 Å². The van der Waals surface area contributed by atoms with E-state index in [1.165, 1.54) is 15.5 Å². The average Bonchev–Trinajstić information content (AvgIpc) is 2.61. The third-order valence-electron chi connectivity index (χ3n) is 5.10. The number of H-pyrrole nitrogens is 1. The Bertz CT molecular complexity index is 890. The first kappa shape index (κ1) is 18.8. The van der Waals surface area contributed by atoms with Gasteiger partial charge in [-0.25, -0.2) is 9.59 Å². The molecule has 0 saturated carbocycles. The van der Waals surface area contributed by atoms with Gasteiger partial charge < -0.3 is 15.3 Å². The summed E-state index contributed by atoms with van der Waals surface area (Å²) in [6, 6.07) is 10.5.